The number of phosphoric ester groups is 1. The summed E-state index contributed by atoms with van der Waals surface area (Å²) in [6, 6.07) is 0. The maximum Gasteiger partial charge on any atom is 0.490 e. The predicted octanol–water partition coefficient (Wildman–Crippen LogP) is -2.14. The van der Waals surface area contributed by atoms with Crippen LogP contribution in [0.15, 0.2) is 33.1 Å². The van der Waals surface area contributed by atoms with E-state index in [0.29, 0.717) is 0 Å². The smallest absolute Gasteiger partial charge is 0.390 e. The number of allylic oxidation sites excluding steroid dienone is 1. The minimum atomic E-state index is -5.72. The van der Waals surface area contributed by atoms with Gasteiger partial charge in [0.05, 0.1) is 12.7 Å². The van der Waals surface area contributed by atoms with E-state index in [2.05, 4.69) is 23.1 Å². The quantitative estimate of drug-likeness (QED) is 0.0806. The number of nitrogens with one attached hydrogen (secondary N) is 1. The minimum absolute atomic E-state index is 0.0110. The van der Waals surface area contributed by atoms with E-state index in [4.69, 9.17) is 30.9 Å². The number of guanidine groups is 1. The van der Waals surface area contributed by atoms with Crippen LogP contribution in [0.4, 0.5) is 0 Å². The molecule has 198 valence electrons. The molecule has 5 atom stereocenters. The molecule has 0 aromatic carbocycles. The van der Waals surface area contributed by atoms with Crippen molar-refractivity contribution in [2.45, 2.75) is 31.3 Å². The van der Waals surface area contributed by atoms with Crippen LogP contribution in [0.3, 0.4) is 0 Å². The summed E-state index contributed by atoms with van der Waals surface area (Å²) in [7, 11) is -16.7. The van der Waals surface area contributed by atoms with E-state index >= 15 is 0 Å². The zero-order valence-corrected chi connectivity index (χ0v) is 20.1. The van der Waals surface area contributed by atoms with Crippen LogP contribution in [0.5, 0.6) is 0 Å². The molecule has 35 heavy (non-hydrogen) atoms. The number of hydrogen-bond donors (Lipinski definition) is 8. The van der Waals surface area contributed by atoms with Crippen molar-refractivity contribution < 1.29 is 56.3 Å². The van der Waals surface area contributed by atoms with Gasteiger partial charge in [-0.25, -0.2) is 23.5 Å². The van der Waals surface area contributed by atoms with Gasteiger partial charge in [0.25, 0.3) is 5.56 Å². The standard InChI is InChI=1S/C13H22N5O14P3/c14-12(15)16-3-1-2-7-5-18(13(21)17-11(7)20)10-4-8(19)9(30-10)6-29-34(25,26)32-35(27,28)31-33(22,23)24/h1,3,5,8-10,19H,2,4,6H2,(H,25,26)(H,27,28)(H4,14,15,16)(H,17,20,21)(H2,22,23,24)/b3-1+/t8-,9+,10+/m0/s1. The van der Waals surface area contributed by atoms with E-state index in [-0.39, 0.29) is 24.4 Å². The molecule has 1 aliphatic rings. The van der Waals surface area contributed by atoms with Gasteiger partial charge in [-0.2, -0.15) is 8.62 Å². The number of rotatable bonds is 11. The lowest BCUT2D eigenvalue weighted by Gasteiger charge is -2.19. The molecule has 22 heteroatoms. The van der Waals surface area contributed by atoms with Gasteiger partial charge in [-0.15, -0.1) is 0 Å². The maximum absolute atomic E-state index is 12.2. The summed E-state index contributed by atoms with van der Waals surface area (Å²) < 4.78 is 51.7. The summed E-state index contributed by atoms with van der Waals surface area (Å²) in [6.07, 6.45) is -0.317. The van der Waals surface area contributed by atoms with Crippen LogP contribution in [0, 0.1) is 0 Å². The fourth-order valence-corrected chi connectivity index (χ4v) is 5.74. The van der Waals surface area contributed by atoms with Crippen LogP contribution in [-0.4, -0.2) is 59.0 Å². The molecule has 0 saturated carbocycles. The molecule has 2 heterocycles. The summed E-state index contributed by atoms with van der Waals surface area (Å²) in [5, 5.41) is 10.2. The molecule has 10 N–H and O–H groups in total. The zero-order chi connectivity index (χ0) is 26.6. The number of aliphatic hydroxyl groups excluding tert-OH is 1. The number of aliphatic imine (C=N–C) groups is 1. The van der Waals surface area contributed by atoms with Gasteiger partial charge >= 0.3 is 29.2 Å². The Morgan fingerprint density at radius 3 is 2.46 bits per heavy atom. The highest BCUT2D eigenvalue weighted by Crippen LogP contribution is 2.66. The highest BCUT2D eigenvalue weighted by molar-refractivity contribution is 7.66. The van der Waals surface area contributed by atoms with Crippen LogP contribution in [-0.2, 0) is 38.0 Å². The number of hydrogen-bond acceptors (Lipinski definition) is 11. The van der Waals surface area contributed by atoms with E-state index in [1.807, 2.05) is 0 Å². The third kappa shape index (κ3) is 9.53. The van der Waals surface area contributed by atoms with Gasteiger partial charge in [0.15, 0.2) is 5.96 Å². The Hall–Kier alpha value is -1.98. The van der Waals surface area contributed by atoms with Crippen LogP contribution >= 0.6 is 23.5 Å². The molecule has 1 aliphatic heterocycles. The average molecular weight is 565 g/mol. The van der Waals surface area contributed by atoms with E-state index < -0.39 is 59.8 Å². The summed E-state index contributed by atoms with van der Waals surface area (Å²) in [5.74, 6) is -0.212. The van der Waals surface area contributed by atoms with Gasteiger partial charge in [0, 0.05) is 24.4 Å². The minimum Gasteiger partial charge on any atom is -0.390 e. The average Bonchev–Trinajstić information content (AvgIpc) is 3.02. The molecule has 2 unspecified atom stereocenters. The van der Waals surface area contributed by atoms with Gasteiger partial charge in [-0.3, -0.25) is 18.9 Å². The molecule has 2 rings (SSSR count). The number of nitrogens with zero attached hydrogens (tertiary/aromatic N) is 2. The number of ether oxygens (including phenoxy) is 1. The molecule has 0 spiro atoms. The van der Waals surface area contributed by atoms with E-state index in [1.165, 1.54) is 12.3 Å². The Balaban J connectivity index is 2.08. The van der Waals surface area contributed by atoms with Crippen molar-refractivity contribution in [1.29, 1.82) is 0 Å². The van der Waals surface area contributed by atoms with Crippen LogP contribution in [0.2, 0.25) is 0 Å². The summed E-state index contributed by atoms with van der Waals surface area (Å²) in [5.41, 5.74) is 8.84. The highest BCUT2D eigenvalue weighted by Gasteiger charge is 2.43. The first-order valence-electron chi connectivity index (χ1n) is 9.18. The second-order valence-corrected chi connectivity index (χ2v) is 11.2. The van der Waals surface area contributed by atoms with Gasteiger partial charge < -0.3 is 40.9 Å². The number of aromatic amines is 1. The van der Waals surface area contributed by atoms with Crippen molar-refractivity contribution in [3.05, 3.63) is 44.9 Å². The number of nitrogens with two attached hydrogens (primary N) is 2. The van der Waals surface area contributed by atoms with Crippen molar-refractivity contribution in [3.8, 4) is 0 Å². The van der Waals surface area contributed by atoms with Gasteiger partial charge in [0.2, 0.25) is 0 Å². The van der Waals surface area contributed by atoms with Gasteiger partial charge in [0.1, 0.15) is 12.3 Å². The first-order valence-corrected chi connectivity index (χ1v) is 13.7. The normalized spacial score (nSPS) is 24.2. The molecule has 0 radical (unpaired) electrons. The lowest BCUT2D eigenvalue weighted by atomic mass is 10.2. The SMILES string of the molecule is NC(N)=N/C=C/Cc1cn([C@H]2C[C@H](O)[C@@H](COP(=O)(O)OP(=O)(O)OP(=O)(O)O)O2)c(=O)[nH]c1=O. The highest BCUT2D eigenvalue weighted by atomic mass is 31.3. The van der Waals surface area contributed by atoms with Crippen molar-refractivity contribution in [1.82, 2.24) is 9.55 Å². The zero-order valence-electron chi connectivity index (χ0n) is 17.4. The maximum atomic E-state index is 12.2. The first-order chi connectivity index (χ1) is 16.0. The number of H-pyrrole nitrogens is 1. The summed E-state index contributed by atoms with van der Waals surface area (Å²) in [6.45, 7) is -0.923. The molecule has 1 saturated heterocycles. The molecule has 0 aliphatic carbocycles. The van der Waals surface area contributed by atoms with Crippen molar-refractivity contribution in [3.63, 3.8) is 0 Å². The Kier molecular flexibility index (Phi) is 9.52. The molecule has 0 amide bonds. The fourth-order valence-electron chi connectivity index (χ4n) is 2.71. The van der Waals surface area contributed by atoms with Gasteiger partial charge in [-0.1, -0.05) is 6.08 Å². The predicted molar refractivity (Wildman–Crippen MR) is 114 cm³/mol. The Morgan fingerprint density at radius 2 is 1.86 bits per heavy atom. The number of phosphoric acid groups is 3. The number of aliphatic hydroxyl groups is 1. The summed E-state index contributed by atoms with van der Waals surface area (Å²) >= 11 is 0. The topological polar surface area (TPSA) is 309 Å². The lowest BCUT2D eigenvalue weighted by molar-refractivity contribution is -0.0450. The molecule has 1 aromatic rings. The first kappa shape index (κ1) is 29.3. The van der Waals surface area contributed by atoms with E-state index in [1.54, 1.807) is 0 Å². The third-order valence-electron chi connectivity index (χ3n) is 4.04. The largest absolute Gasteiger partial charge is 0.490 e. The fraction of sp³-hybridized carbons (Fsp3) is 0.462. The van der Waals surface area contributed by atoms with E-state index in [0.717, 1.165) is 10.8 Å². The molecule has 1 fully saturated rings. The lowest BCUT2D eigenvalue weighted by Crippen LogP contribution is -2.34. The van der Waals surface area contributed by atoms with Crippen LogP contribution in [0.25, 0.3) is 0 Å². The van der Waals surface area contributed by atoms with Gasteiger partial charge in [-0.05, 0) is 6.42 Å². The van der Waals surface area contributed by atoms with Crippen molar-refractivity contribution >= 4 is 29.4 Å². The van der Waals surface area contributed by atoms with Crippen LogP contribution in [0.1, 0.15) is 18.2 Å². The Labute approximate surface area is 195 Å². The second kappa shape index (κ2) is 11.4. The monoisotopic (exact) mass is 565 g/mol. The van der Waals surface area contributed by atoms with Crippen LogP contribution < -0.4 is 22.7 Å². The second-order valence-electron chi connectivity index (χ2n) is 6.78. The van der Waals surface area contributed by atoms with E-state index in [9.17, 15) is 33.3 Å². The Morgan fingerprint density at radius 1 is 1.20 bits per heavy atom. The third-order valence-corrected chi connectivity index (χ3v) is 7.84. The van der Waals surface area contributed by atoms with Crippen molar-refractivity contribution in [2.75, 3.05) is 6.61 Å². The molecule has 1 aromatic heterocycles. The summed E-state index contributed by atoms with van der Waals surface area (Å²) in [4.78, 5) is 65.5. The molecule has 0 bridgehead atoms. The Bertz CT molecular complexity index is 1230. The molecule has 19 nitrogen and oxygen atoms in total. The molecular formula is C13H22N5O14P3. The molecular weight excluding hydrogens is 543 g/mol. The van der Waals surface area contributed by atoms with Crippen molar-refractivity contribution in [2.24, 2.45) is 16.5 Å². The number of aromatic nitrogens is 2.